The molecule has 2 amide bonds. The van der Waals surface area contributed by atoms with Gasteiger partial charge in [0.25, 0.3) is 0 Å². The van der Waals surface area contributed by atoms with Crippen molar-refractivity contribution in [2.75, 3.05) is 23.7 Å². The van der Waals surface area contributed by atoms with Crippen LogP contribution in [0.3, 0.4) is 0 Å². The lowest BCUT2D eigenvalue weighted by atomic mass is 10.1. The minimum atomic E-state index is -3.50. The molecular formula is C24H32BrN3O4S. The molecule has 1 atom stereocenters. The van der Waals surface area contributed by atoms with Crippen molar-refractivity contribution in [2.45, 2.75) is 46.2 Å². The molecule has 2 aromatic rings. The molecule has 2 aromatic carbocycles. The molecule has 9 heteroatoms. The third kappa shape index (κ3) is 8.16. The average Bonchev–Trinajstić information content (AvgIpc) is 2.74. The molecule has 0 heterocycles. The first-order valence-electron chi connectivity index (χ1n) is 10.9. The van der Waals surface area contributed by atoms with Gasteiger partial charge in [-0.2, -0.15) is 0 Å². The summed E-state index contributed by atoms with van der Waals surface area (Å²) in [6, 6.07) is 14.2. The van der Waals surface area contributed by atoms with E-state index in [1.165, 1.54) is 4.31 Å². The second kappa shape index (κ2) is 12.2. The number of anilines is 1. The topological polar surface area (TPSA) is 86.8 Å². The number of aryl methyl sites for hydroxylation is 1. The van der Waals surface area contributed by atoms with E-state index in [0.717, 1.165) is 21.9 Å². The van der Waals surface area contributed by atoms with Crippen LogP contribution in [-0.4, -0.2) is 50.5 Å². The first-order chi connectivity index (χ1) is 15.5. The smallest absolute Gasteiger partial charge is 0.242 e. The zero-order valence-electron chi connectivity index (χ0n) is 19.5. The zero-order valence-corrected chi connectivity index (χ0v) is 21.9. The zero-order chi connectivity index (χ0) is 24.6. The highest BCUT2D eigenvalue weighted by Gasteiger charge is 2.26. The Morgan fingerprint density at radius 3 is 2.36 bits per heavy atom. The van der Waals surface area contributed by atoms with Gasteiger partial charge in [0.1, 0.15) is 6.04 Å². The highest BCUT2D eigenvalue weighted by molar-refractivity contribution is 9.10. The van der Waals surface area contributed by atoms with E-state index in [1.54, 1.807) is 24.0 Å². The number of benzene rings is 2. The van der Waals surface area contributed by atoms with Gasteiger partial charge in [0.15, 0.2) is 0 Å². The van der Waals surface area contributed by atoms with Crippen molar-refractivity contribution < 1.29 is 18.0 Å². The van der Waals surface area contributed by atoms with Gasteiger partial charge < -0.3 is 10.2 Å². The van der Waals surface area contributed by atoms with Crippen LogP contribution in [0.1, 0.15) is 37.8 Å². The summed E-state index contributed by atoms with van der Waals surface area (Å²) < 4.78 is 26.9. The molecule has 0 bridgehead atoms. The number of carbonyl (C=O) groups is 2. The van der Waals surface area contributed by atoms with E-state index in [1.807, 2.05) is 50.2 Å². The fourth-order valence-corrected chi connectivity index (χ4v) is 4.86. The molecule has 0 aliphatic heterocycles. The van der Waals surface area contributed by atoms with Crippen molar-refractivity contribution in [1.82, 2.24) is 10.2 Å². The lowest BCUT2D eigenvalue weighted by Crippen LogP contribution is -2.47. The summed E-state index contributed by atoms with van der Waals surface area (Å²) in [7, 11) is -3.50. The van der Waals surface area contributed by atoms with Gasteiger partial charge >= 0.3 is 0 Å². The predicted octanol–water partition coefficient (Wildman–Crippen LogP) is 3.86. The third-order valence-corrected chi connectivity index (χ3v) is 6.92. The molecule has 0 saturated heterocycles. The molecule has 0 aliphatic carbocycles. The maximum atomic E-state index is 13.2. The van der Waals surface area contributed by atoms with Crippen LogP contribution in [0, 0.1) is 6.92 Å². The van der Waals surface area contributed by atoms with Crippen LogP contribution >= 0.6 is 15.9 Å². The van der Waals surface area contributed by atoms with E-state index >= 15 is 0 Å². The molecule has 33 heavy (non-hydrogen) atoms. The standard InChI is InChI=1S/C24H32BrN3O4S/c1-5-26-24(30)19(3)27(17-20-8-6-9-21(25)16-20)23(29)10-7-15-28(33(4,31)32)22-13-11-18(2)12-14-22/h6,8-9,11-14,16,19H,5,7,10,15,17H2,1-4H3,(H,26,30)/t19-/m0/s1. The van der Waals surface area contributed by atoms with Gasteiger partial charge in [-0.15, -0.1) is 0 Å². The van der Waals surface area contributed by atoms with E-state index in [9.17, 15) is 18.0 Å². The monoisotopic (exact) mass is 537 g/mol. The molecular weight excluding hydrogens is 506 g/mol. The second-order valence-corrected chi connectivity index (χ2v) is 10.8. The van der Waals surface area contributed by atoms with Gasteiger partial charge in [0.05, 0.1) is 11.9 Å². The number of hydrogen-bond acceptors (Lipinski definition) is 4. The Bertz CT molecular complexity index is 1060. The van der Waals surface area contributed by atoms with Crippen LogP contribution in [0.2, 0.25) is 0 Å². The molecule has 180 valence electrons. The summed E-state index contributed by atoms with van der Waals surface area (Å²) in [5.41, 5.74) is 2.49. The number of nitrogens with one attached hydrogen (secondary N) is 1. The number of likely N-dealkylation sites (N-methyl/N-ethyl adjacent to an activating group) is 1. The molecule has 0 fully saturated rings. The largest absolute Gasteiger partial charge is 0.355 e. The number of carbonyl (C=O) groups excluding carboxylic acids is 2. The van der Waals surface area contributed by atoms with Crippen molar-refractivity contribution in [3.05, 3.63) is 64.1 Å². The maximum absolute atomic E-state index is 13.2. The van der Waals surface area contributed by atoms with Crippen molar-refractivity contribution in [2.24, 2.45) is 0 Å². The van der Waals surface area contributed by atoms with Gasteiger partial charge in [0.2, 0.25) is 21.8 Å². The van der Waals surface area contributed by atoms with E-state index in [4.69, 9.17) is 0 Å². The number of amides is 2. The van der Waals surface area contributed by atoms with Gasteiger partial charge in [0, 0.05) is 30.5 Å². The second-order valence-electron chi connectivity index (χ2n) is 8.00. The molecule has 0 radical (unpaired) electrons. The highest BCUT2D eigenvalue weighted by atomic mass is 79.9. The average molecular weight is 539 g/mol. The molecule has 0 unspecified atom stereocenters. The fourth-order valence-electron chi connectivity index (χ4n) is 3.45. The number of sulfonamides is 1. The third-order valence-electron chi connectivity index (χ3n) is 5.23. The van der Waals surface area contributed by atoms with Gasteiger partial charge in [-0.3, -0.25) is 13.9 Å². The Morgan fingerprint density at radius 2 is 1.79 bits per heavy atom. The number of nitrogens with zero attached hydrogens (tertiary/aromatic N) is 2. The summed E-state index contributed by atoms with van der Waals surface area (Å²) in [4.78, 5) is 27.2. The quantitative estimate of drug-likeness (QED) is 0.471. The Balaban J connectivity index is 2.14. The predicted molar refractivity (Wildman–Crippen MR) is 135 cm³/mol. The lowest BCUT2D eigenvalue weighted by molar-refractivity contribution is -0.140. The van der Waals surface area contributed by atoms with E-state index < -0.39 is 16.1 Å². The molecule has 0 saturated carbocycles. The highest BCUT2D eigenvalue weighted by Crippen LogP contribution is 2.20. The van der Waals surface area contributed by atoms with Crippen LogP contribution in [0.5, 0.6) is 0 Å². The van der Waals surface area contributed by atoms with E-state index in [2.05, 4.69) is 21.2 Å². The summed E-state index contributed by atoms with van der Waals surface area (Å²) in [5.74, 6) is -0.427. The molecule has 0 aromatic heterocycles. The molecule has 1 N–H and O–H groups in total. The minimum absolute atomic E-state index is 0.121. The molecule has 0 spiro atoms. The normalized spacial score (nSPS) is 12.2. The molecule has 0 aliphatic rings. The molecule has 7 nitrogen and oxygen atoms in total. The van der Waals surface area contributed by atoms with Crippen LogP contribution in [0.4, 0.5) is 5.69 Å². The van der Waals surface area contributed by atoms with Gasteiger partial charge in [-0.25, -0.2) is 8.42 Å². The van der Waals surface area contributed by atoms with Crippen LogP contribution in [0.15, 0.2) is 53.0 Å². The van der Waals surface area contributed by atoms with Crippen molar-refractivity contribution in [1.29, 1.82) is 0 Å². The van der Waals surface area contributed by atoms with Gasteiger partial charge in [-0.05, 0) is 57.0 Å². The van der Waals surface area contributed by atoms with Gasteiger partial charge in [-0.1, -0.05) is 45.8 Å². The van der Waals surface area contributed by atoms with Crippen LogP contribution in [0.25, 0.3) is 0 Å². The Kier molecular flexibility index (Phi) is 9.91. The number of halogens is 1. The van der Waals surface area contributed by atoms with Crippen molar-refractivity contribution >= 4 is 43.5 Å². The SMILES string of the molecule is CCNC(=O)[C@H](C)N(Cc1cccc(Br)c1)C(=O)CCCN(c1ccc(C)cc1)S(C)(=O)=O. The summed E-state index contributed by atoms with van der Waals surface area (Å²) in [6.07, 6.45) is 1.61. The Labute approximate surface area is 205 Å². The Hall–Kier alpha value is -2.39. The maximum Gasteiger partial charge on any atom is 0.242 e. The molecule has 2 rings (SSSR count). The van der Waals surface area contributed by atoms with E-state index in [-0.39, 0.29) is 31.3 Å². The summed E-state index contributed by atoms with van der Waals surface area (Å²) in [5, 5.41) is 2.77. The number of hydrogen-bond donors (Lipinski definition) is 1. The van der Waals surface area contributed by atoms with E-state index in [0.29, 0.717) is 18.7 Å². The number of rotatable bonds is 11. The first-order valence-corrected chi connectivity index (χ1v) is 13.5. The fraction of sp³-hybridized carbons (Fsp3) is 0.417. The first kappa shape index (κ1) is 26.9. The minimum Gasteiger partial charge on any atom is -0.355 e. The Morgan fingerprint density at radius 1 is 1.12 bits per heavy atom. The van der Waals surface area contributed by atoms with Crippen molar-refractivity contribution in [3.63, 3.8) is 0 Å². The summed E-state index contributed by atoms with van der Waals surface area (Å²) >= 11 is 3.44. The van der Waals surface area contributed by atoms with Crippen LogP contribution in [-0.2, 0) is 26.2 Å². The van der Waals surface area contributed by atoms with Crippen LogP contribution < -0.4 is 9.62 Å². The lowest BCUT2D eigenvalue weighted by Gasteiger charge is -2.29. The summed E-state index contributed by atoms with van der Waals surface area (Å²) in [6.45, 7) is 6.40. The van der Waals surface area contributed by atoms with Crippen molar-refractivity contribution in [3.8, 4) is 0 Å².